The SMILES string of the molecule is C=CCN(CC=C)C(=O)c1ccc(NC(=O)C2CCCC(N)C2)cc1.Cl. The molecule has 6 heteroatoms. The van der Waals surface area contributed by atoms with Gasteiger partial charge in [-0.1, -0.05) is 18.6 Å². The molecule has 2 rings (SSSR count). The van der Waals surface area contributed by atoms with Gasteiger partial charge in [0, 0.05) is 36.3 Å². The summed E-state index contributed by atoms with van der Waals surface area (Å²) in [6.07, 6.45) is 6.98. The van der Waals surface area contributed by atoms with Crippen molar-refractivity contribution in [3.63, 3.8) is 0 Å². The highest BCUT2D eigenvalue weighted by atomic mass is 35.5. The monoisotopic (exact) mass is 377 g/mol. The van der Waals surface area contributed by atoms with Crippen molar-refractivity contribution in [3.05, 3.63) is 55.1 Å². The Kier molecular flexibility index (Phi) is 9.10. The fourth-order valence-electron chi connectivity index (χ4n) is 3.14. The fourth-order valence-corrected chi connectivity index (χ4v) is 3.14. The van der Waals surface area contributed by atoms with Crippen molar-refractivity contribution in [2.24, 2.45) is 11.7 Å². The number of nitrogens with zero attached hydrogens (tertiary/aromatic N) is 1. The average molecular weight is 378 g/mol. The number of nitrogens with two attached hydrogens (primary N) is 1. The number of carbonyl (C=O) groups is 2. The van der Waals surface area contributed by atoms with Gasteiger partial charge in [-0.2, -0.15) is 0 Å². The second kappa shape index (κ2) is 10.8. The lowest BCUT2D eigenvalue weighted by Crippen LogP contribution is -2.34. The largest absolute Gasteiger partial charge is 0.331 e. The molecule has 1 aliphatic rings. The van der Waals surface area contributed by atoms with Crippen molar-refractivity contribution in [3.8, 4) is 0 Å². The average Bonchev–Trinajstić information content (AvgIpc) is 2.61. The molecule has 0 saturated heterocycles. The molecule has 2 unspecified atom stereocenters. The quantitative estimate of drug-likeness (QED) is 0.715. The number of hydrogen-bond donors (Lipinski definition) is 2. The number of carbonyl (C=O) groups excluding carboxylic acids is 2. The summed E-state index contributed by atoms with van der Waals surface area (Å²) < 4.78 is 0. The van der Waals surface area contributed by atoms with Crippen molar-refractivity contribution in [1.82, 2.24) is 4.90 Å². The maximum atomic E-state index is 12.5. The van der Waals surface area contributed by atoms with Crippen LogP contribution in [-0.4, -0.2) is 35.8 Å². The summed E-state index contributed by atoms with van der Waals surface area (Å²) in [4.78, 5) is 26.5. The van der Waals surface area contributed by atoms with Gasteiger partial charge in [0.1, 0.15) is 0 Å². The third-order valence-corrected chi connectivity index (χ3v) is 4.47. The van der Waals surface area contributed by atoms with Gasteiger partial charge >= 0.3 is 0 Å². The molecule has 0 heterocycles. The van der Waals surface area contributed by atoms with Gasteiger partial charge < -0.3 is 16.0 Å². The maximum Gasteiger partial charge on any atom is 0.254 e. The molecule has 0 bridgehead atoms. The van der Waals surface area contributed by atoms with Crippen LogP contribution < -0.4 is 11.1 Å². The van der Waals surface area contributed by atoms with Crippen LogP contribution in [-0.2, 0) is 4.79 Å². The van der Waals surface area contributed by atoms with Crippen molar-refractivity contribution in [2.45, 2.75) is 31.7 Å². The van der Waals surface area contributed by atoms with E-state index in [2.05, 4.69) is 18.5 Å². The van der Waals surface area contributed by atoms with Crippen LogP contribution in [0.25, 0.3) is 0 Å². The standard InChI is InChI=1S/C20H27N3O2.ClH/c1-3-12-23(13-4-2)20(25)15-8-10-18(11-9-15)22-19(24)16-6-5-7-17(21)14-16;/h3-4,8-11,16-17H,1-2,5-7,12-14,21H2,(H,22,24);1H. The molecular formula is C20H28ClN3O2. The molecule has 1 aromatic carbocycles. The van der Waals surface area contributed by atoms with E-state index in [0.29, 0.717) is 24.3 Å². The smallest absolute Gasteiger partial charge is 0.254 e. The predicted molar refractivity (Wildman–Crippen MR) is 109 cm³/mol. The van der Waals surface area contributed by atoms with E-state index in [-0.39, 0.29) is 36.2 Å². The zero-order valence-electron chi connectivity index (χ0n) is 15.0. The highest BCUT2D eigenvalue weighted by Crippen LogP contribution is 2.24. The minimum Gasteiger partial charge on any atom is -0.331 e. The van der Waals surface area contributed by atoms with Crippen molar-refractivity contribution >= 4 is 29.9 Å². The second-order valence-electron chi connectivity index (χ2n) is 6.48. The van der Waals surface area contributed by atoms with Crippen LogP contribution in [0.2, 0.25) is 0 Å². The third-order valence-electron chi connectivity index (χ3n) is 4.47. The van der Waals surface area contributed by atoms with E-state index >= 15 is 0 Å². The molecule has 1 aromatic rings. The first-order valence-corrected chi connectivity index (χ1v) is 8.72. The number of anilines is 1. The molecule has 3 N–H and O–H groups in total. The van der Waals surface area contributed by atoms with Crippen molar-refractivity contribution in [2.75, 3.05) is 18.4 Å². The molecule has 1 saturated carbocycles. The van der Waals surface area contributed by atoms with Crippen molar-refractivity contribution < 1.29 is 9.59 Å². The van der Waals surface area contributed by atoms with Gasteiger partial charge in [0.2, 0.25) is 5.91 Å². The molecule has 26 heavy (non-hydrogen) atoms. The van der Waals surface area contributed by atoms with Crippen LogP contribution in [0.15, 0.2) is 49.6 Å². The van der Waals surface area contributed by atoms with Gasteiger partial charge in [0.05, 0.1) is 0 Å². The summed E-state index contributed by atoms with van der Waals surface area (Å²) in [5, 5.41) is 2.93. The minimum atomic E-state index is -0.0871. The van der Waals surface area contributed by atoms with Crippen LogP contribution in [0.5, 0.6) is 0 Å². The molecule has 1 aliphatic carbocycles. The Hall–Kier alpha value is -2.11. The minimum absolute atomic E-state index is 0. The molecule has 2 amide bonds. The lowest BCUT2D eigenvalue weighted by atomic mass is 9.85. The number of amides is 2. The molecule has 1 fully saturated rings. The Morgan fingerprint density at radius 2 is 1.77 bits per heavy atom. The van der Waals surface area contributed by atoms with E-state index in [0.717, 1.165) is 25.7 Å². The normalized spacial score (nSPS) is 19.0. The molecule has 0 aliphatic heterocycles. The van der Waals surface area contributed by atoms with Crippen molar-refractivity contribution in [1.29, 1.82) is 0 Å². The zero-order valence-corrected chi connectivity index (χ0v) is 15.8. The highest BCUT2D eigenvalue weighted by Gasteiger charge is 2.25. The Labute approximate surface area is 161 Å². The number of halogens is 1. The summed E-state index contributed by atoms with van der Waals surface area (Å²) in [5.74, 6) is -0.106. The molecule has 0 spiro atoms. The second-order valence-corrected chi connectivity index (χ2v) is 6.48. The number of rotatable bonds is 7. The Morgan fingerprint density at radius 1 is 1.15 bits per heavy atom. The van der Waals surface area contributed by atoms with Gasteiger partial charge in [-0.15, -0.1) is 25.6 Å². The summed E-state index contributed by atoms with van der Waals surface area (Å²) >= 11 is 0. The van der Waals surface area contributed by atoms with Crippen LogP contribution in [0.3, 0.4) is 0 Å². The van der Waals surface area contributed by atoms with Gasteiger partial charge in [0.25, 0.3) is 5.91 Å². The van der Waals surface area contributed by atoms with Gasteiger partial charge in [-0.05, 0) is 43.5 Å². The zero-order chi connectivity index (χ0) is 18.2. The Bertz CT molecular complexity index is 620. The van der Waals surface area contributed by atoms with Crippen LogP contribution >= 0.6 is 12.4 Å². The molecule has 0 aromatic heterocycles. The van der Waals surface area contributed by atoms with Crippen LogP contribution in [0, 0.1) is 5.92 Å². The first-order chi connectivity index (χ1) is 12.0. The molecule has 142 valence electrons. The van der Waals surface area contributed by atoms with E-state index < -0.39 is 0 Å². The van der Waals surface area contributed by atoms with E-state index in [4.69, 9.17) is 5.73 Å². The van der Waals surface area contributed by atoms with E-state index in [1.54, 1.807) is 41.3 Å². The van der Waals surface area contributed by atoms with E-state index in [1.165, 1.54) is 0 Å². The lowest BCUT2D eigenvalue weighted by molar-refractivity contribution is -0.120. The molecule has 2 atom stereocenters. The topological polar surface area (TPSA) is 75.4 Å². The van der Waals surface area contributed by atoms with Crippen LogP contribution in [0.4, 0.5) is 5.69 Å². The fraction of sp³-hybridized carbons (Fsp3) is 0.400. The van der Waals surface area contributed by atoms with E-state index in [1.807, 2.05) is 0 Å². The van der Waals surface area contributed by atoms with Gasteiger partial charge in [-0.3, -0.25) is 9.59 Å². The van der Waals surface area contributed by atoms with Gasteiger partial charge in [0.15, 0.2) is 0 Å². The molecule has 5 nitrogen and oxygen atoms in total. The third kappa shape index (κ3) is 6.00. The summed E-state index contributed by atoms with van der Waals surface area (Å²) in [7, 11) is 0. The van der Waals surface area contributed by atoms with Gasteiger partial charge in [-0.25, -0.2) is 0 Å². The predicted octanol–water partition coefficient (Wildman–Crippen LogP) is 3.38. The first-order valence-electron chi connectivity index (χ1n) is 8.72. The molecule has 0 radical (unpaired) electrons. The number of benzene rings is 1. The number of hydrogen-bond acceptors (Lipinski definition) is 3. The number of nitrogens with one attached hydrogen (secondary N) is 1. The Morgan fingerprint density at radius 3 is 2.31 bits per heavy atom. The summed E-state index contributed by atoms with van der Waals surface area (Å²) in [5.41, 5.74) is 7.22. The summed E-state index contributed by atoms with van der Waals surface area (Å²) in [6.45, 7) is 8.27. The molecular weight excluding hydrogens is 350 g/mol. The lowest BCUT2D eigenvalue weighted by Gasteiger charge is -2.25. The maximum absolute atomic E-state index is 12.5. The first kappa shape index (κ1) is 21.9. The highest BCUT2D eigenvalue weighted by molar-refractivity contribution is 5.96. The summed E-state index contributed by atoms with van der Waals surface area (Å²) in [6, 6.07) is 7.08. The van der Waals surface area contributed by atoms with E-state index in [9.17, 15) is 9.59 Å². The Balaban J connectivity index is 0.00000338. The van der Waals surface area contributed by atoms with Crippen LogP contribution in [0.1, 0.15) is 36.0 Å².